The van der Waals surface area contributed by atoms with Crippen LogP contribution < -0.4 is 4.90 Å². The molecule has 4 rings (SSSR count). The lowest BCUT2D eigenvalue weighted by atomic mass is 10.3. The van der Waals surface area contributed by atoms with Gasteiger partial charge in [0.1, 0.15) is 16.5 Å². The molecule has 10 heteroatoms. The van der Waals surface area contributed by atoms with Gasteiger partial charge in [-0.1, -0.05) is 23.7 Å². The van der Waals surface area contributed by atoms with Crippen LogP contribution in [0.1, 0.15) is 17.2 Å². The number of nitrogens with zero attached hydrogens (tertiary/aromatic N) is 6. The topological polar surface area (TPSA) is 84.2 Å². The Morgan fingerprint density at radius 3 is 2.23 bits per heavy atom. The Hall–Kier alpha value is -2.49. The number of rotatable bonds is 4. The van der Waals surface area contributed by atoms with E-state index in [9.17, 15) is 8.42 Å². The number of benzene rings is 1. The molecule has 1 aromatic carbocycles. The highest BCUT2D eigenvalue weighted by atomic mass is 35.5. The van der Waals surface area contributed by atoms with Crippen LogP contribution in [0.15, 0.2) is 41.3 Å². The number of sulfonamides is 1. The first-order valence-electron chi connectivity index (χ1n) is 9.64. The van der Waals surface area contributed by atoms with Crippen molar-refractivity contribution in [1.29, 1.82) is 0 Å². The summed E-state index contributed by atoms with van der Waals surface area (Å²) in [6.45, 7) is 7.52. The molecule has 0 aliphatic carbocycles. The van der Waals surface area contributed by atoms with Gasteiger partial charge in [-0.05, 0) is 39.0 Å². The molecule has 0 radical (unpaired) electrons. The number of aryl methyl sites for hydroxylation is 3. The Morgan fingerprint density at radius 2 is 1.60 bits per heavy atom. The molecule has 0 atom stereocenters. The lowest BCUT2D eigenvalue weighted by Gasteiger charge is -2.35. The monoisotopic (exact) mass is 446 g/mol. The Kier molecular flexibility index (Phi) is 5.52. The molecule has 0 bridgehead atoms. The number of halogens is 1. The van der Waals surface area contributed by atoms with E-state index in [1.807, 2.05) is 32.9 Å². The average Bonchev–Trinajstić information content (AvgIpc) is 3.06. The summed E-state index contributed by atoms with van der Waals surface area (Å²) >= 11 is 6.12. The molecule has 3 heterocycles. The Bertz CT molecular complexity index is 1190. The first kappa shape index (κ1) is 20.8. The van der Waals surface area contributed by atoms with Gasteiger partial charge >= 0.3 is 0 Å². The third-order valence-electron chi connectivity index (χ3n) is 5.05. The van der Waals surface area contributed by atoms with Crippen molar-refractivity contribution in [3.8, 4) is 5.82 Å². The van der Waals surface area contributed by atoms with E-state index in [1.165, 1.54) is 4.31 Å². The maximum Gasteiger partial charge on any atom is 0.244 e. The quantitative estimate of drug-likeness (QED) is 0.612. The second kappa shape index (κ2) is 7.98. The summed E-state index contributed by atoms with van der Waals surface area (Å²) in [6, 6.07) is 10.4. The summed E-state index contributed by atoms with van der Waals surface area (Å²) in [6.07, 6.45) is 0. The first-order chi connectivity index (χ1) is 14.3. The molecule has 1 saturated heterocycles. The molecule has 1 aliphatic heterocycles. The molecule has 0 spiro atoms. The van der Waals surface area contributed by atoms with Crippen molar-refractivity contribution in [3.05, 3.63) is 58.6 Å². The van der Waals surface area contributed by atoms with Gasteiger partial charge in [0.25, 0.3) is 0 Å². The summed E-state index contributed by atoms with van der Waals surface area (Å²) in [5.74, 6) is 2.11. The van der Waals surface area contributed by atoms with E-state index >= 15 is 0 Å². The fraction of sp³-hybridized carbons (Fsp3) is 0.350. The summed E-state index contributed by atoms with van der Waals surface area (Å²) in [7, 11) is -3.63. The Labute approximate surface area is 181 Å². The van der Waals surface area contributed by atoms with E-state index in [2.05, 4.69) is 20.0 Å². The molecule has 0 unspecified atom stereocenters. The Balaban J connectivity index is 1.55. The van der Waals surface area contributed by atoms with Crippen molar-refractivity contribution in [2.75, 3.05) is 31.1 Å². The SMILES string of the molecule is Cc1cc(C)n(-c2cc(N3CCN(S(=O)(=O)c4ccccc4Cl)CC3)nc(C)n2)n1. The van der Waals surface area contributed by atoms with Crippen LogP contribution in [0.5, 0.6) is 0 Å². The van der Waals surface area contributed by atoms with E-state index < -0.39 is 10.0 Å². The van der Waals surface area contributed by atoms with Gasteiger partial charge in [0.2, 0.25) is 10.0 Å². The molecule has 30 heavy (non-hydrogen) atoms. The van der Waals surface area contributed by atoms with E-state index in [4.69, 9.17) is 11.6 Å². The highest BCUT2D eigenvalue weighted by Crippen LogP contribution is 2.26. The lowest BCUT2D eigenvalue weighted by molar-refractivity contribution is 0.383. The van der Waals surface area contributed by atoms with Crippen LogP contribution in [0.4, 0.5) is 5.82 Å². The minimum atomic E-state index is -3.63. The second-order valence-corrected chi connectivity index (χ2v) is 9.61. The van der Waals surface area contributed by atoms with Gasteiger partial charge in [0.15, 0.2) is 5.82 Å². The molecule has 0 N–H and O–H groups in total. The zero-order valence-corrected chi connectivity index (χ0v) is 18.7. The van der Waals surface area contributed by atoms with Crippen molar-refractivity contribution in [2.24, 2.45) is 0 Å². The van der Waals surface area contributed by atoms with E-state index in [1.54, 1.807) is 28.9 Å². The van der Waals surface area contributed by atoms with E-state index in [-0.39, 0.29) is 9.92 Å². The summed E-state index contributed by atoms with van der Waals surface area (Å²) in [5, 5.41) is 4.74. The molecular formula is C20H23ClN6O2S. The van der Waals surface area contributed by atoms with E-state index in [0.29, 0.717) is 37.8 Å². The standard InChI is InChI=1S/C20H23ClN6O2S/c1-14-12-15(2)27(24-14)20-13-19(22-16(3)23-20)25-8-10-26(11-9-25)30(28,29)18-7-5-4-6-17(18)21/h4-7,12-13H,8-11H2,1-3H3. The van der Waals surface area contributed by atoms with E-state index in [0.717, 1.165) is 17.2 Å². The van der Waals surface area contributed by atoms with Crippen LogP contribution in [0, 0.1) is 20.8 Å². The van der Waals surface area contributed by atoms with Gasteiger partial charge in [0.05, 0.1) is 10.7 Å². The smallest absolute Gasteiger partial charge is 0.244 e. The molecule has 2 aromatic heterocycles. The molecule has 0 amide bonds. The number of anilines is 1. The molecule has 0 saturated carbocycles. The van der Waals surface area contributed by atoms with Gasteiger partial charge in [-0.2, -0.15) is 9.40 Å². The fourth-order valence-corrected chi connectivity index (χ4v) is 5.53. The maximum atomic E-state index is 13.0. The minimum Gasteiger partial charge on any atom is -0.354 e. The number of hydrogen-bond donors (Lipinski definition) is 0. The predicted molar refractivity (Wildman–Crippen MR) is 116 cm³/mol. The molecule has 158 valence electrons. The van der Waals surface area contributed by atoms with Crippen molar-refractivity contribution in [1.82, 2.24) is 24.1 Å². The predicted octanol–water partition coefficient (Wildman–Crippen LogP) is 2.75. The van der Waals surface area contributed by atoms with Gasteiger partial charge in [-0.3, -0.25) is 0 Å². The first-order valence-corrected chi connectivity index (χ1v) is 11.5. The van der Waals surface area contributed by atoms with Crippen molar-refractivity contribution < 1.29 is 8.42 Å². The zero-order chi connectivity index (χ0) is 21.5. The third kappa shape index (κ3) is 3.92. The molecule has 1 fully saturated rings. The molecule has 1 aliphatic rings. The van der Waals surface area contributed by atoms with Crippen molar-refractivity contribution >= 4 is 27.4 Å². The van der Waals surface area contributed by atoms with Crippen LogP contribution in [-0.4, -0.2) is 58.7 Å². The van der Waals surface area contributed by atoms with Crippen molar-refractivity contribution in [3.63, 3.8) is 0 Å². The summed E-state index contributed by atoms with van der Waals surface area (Å²) in [5.41, 5.74) is 1.91. The van der Waals surface area contributed by atoms with Gasteiger partial charge < -0.3 is 4.90 Å². The molecule has 3 aromatic rings. The van der Waals surface area contributed by atoms with Crippen LogP contribution in [0.25, 0.3) is 5.82 Å². The summed E-state index contributed by atoms with van der Waals surface area (Å²) in [4.78, 5) is 11.3. The highest BCUT2D eigenvalue weighted by Gasteiger charge is 2.30. The van der Waals surface area contributed by atoms with Crippen LogP contribution in [-0.2, 0) is 10.0 Å². The number of piperazine rings is 1. The summed E-state index contributed by atoms with van der Waals surface area (Å²) < 4.78 is 29.2. The zero-order valence-electron chi connectivity index (χ0n) is 17.1. The molecule has 8 nitrogen and oxygen atoms in total. The van der Waals surface area contributed by atoms with Gasteiger partial charge in [0, 0.05) is 37.9 Å². The van der Waals surface area contributed by atoms with Gasteiger partial charge in [-0.15, -0.1) is 0 Å². The number of aromatic nitrogens is 4. The Morgan fingerprint density at radius 1 is 0.933 bits per heavy atom. The third-order valence-corrected chi connectivity index (χ3v) is 7.45. The fourth-order valence-electron chi connectivity index (χ4n) is 3.62. The lowest BCUT2D eigenvalue weighted by Crippen LogP contribution is -2.49. The van der Waals surface area contributed by atoms with Crippen molar-refractivity contribution in [2.45, 2.75) is 25.7 Å². The van der Waals surface area contributed by atoms with Crippen LogP contribution >= 0.6 is 11.6 Å². The van der Waals surface area contributed by atoms with Crippen LogP contribution in [0.3, 0.4) is 0 Å². The molecular weight excluding hydrogens is 424 g/mol. The average molecular weight is 447 g/mol. The largest absolute Gasteiger partial charge is 0.354 e. The number of hydrogen-bond acceptors (Lipinski definition) is 6. The normalized spacial score (nSPS) is 15.5. The minimum absolute atomic E-state index is 0.143. The second-order valence-electron chi connectivity index (χ2n) is 7.29. The highest BCUT2D eigenvalue weighted by molar-refractivity contribution is 7.89. The maximum absolute atomic E-state index is 13.0. The van der Waals surface area contributed by atoms with Crippen LogP contribution in [0.2, 0.25) is 5.02 Å². The van der Waals surface area contributed by atoms with Gasteiger partial charge in [-0.25, -0.2) is 23.1 Å².